The molecule has 1 nitrogen and oxygen atoms in total. The predicted octanol–water partition coefficient (Wildman–Crippen LogP) is 5.07. The second kappa shape index (κ2) is 15.7. The van der Waals surface area contributed by atoms with Crippen LogP contribution in [0.4, 0.5) is 0 Å². The van der Waals surface area contributed by atoms with E-state index in [9.17, 15) is 0 Å². The van der Waals surface area contributed by atoms with Gasteiger partial charge in [-0.25, -0.2) is 0 Å². The Balaban J connectivity index is 2.89. The Morgan fingerprint density at radius 3 is 1.82 bits per heavy atom. The molecular weight excluding hydrogens is 206 g/mol. The smallest absolute Gasteiger partial charge is 0.0134 e. The van der Waals surface area contributed by atoms with Gasteiger partial charge in [0, 0.05) is 6.54 Å². The summed E-state index contributed by atoms with van der Waals surface area (Å²) in [6, 6.07) is 0. The molecule has 0 unspecified atom stereocenters. The summed E-state index contributed by atoms with van der Waals surface area (Å²) in [5, 5.41) is 3.42. The molecule has 0 aliphatic rings. The maximum atomic E-state index is 3.42. The Labute approximate surface area is 109 Å². The monoisotopic (exact) mass is 239 g/mol. The van der Waals surface area contributed by atoms with E-state index in [0.717, 1.165) is 6.54 Å². The second-order valence-electron chi connectivity index (χ2n) is 4.96. The third-order valence-corrected chi connectivity index (χ3v) is 3.20. The Bertz CT molecular complexity index is 152. The lowest BCUT2D eigenvalue weighted by atomic mass is 10.1. The van der Waals surface area contributed by atoms with Gasteiger partial charge in [-0.2, -0.15) is 0 Å². The minimum Gasteiger partial charge on any atom is -0.313 e. The quantitative estimate of drug-likeness (QED) is 0.349. The van der Waals surface area contributed by atoms with Crippen molar-refractivity contribution in [1.82, 2.24) is 5.32 Å². The van der Waals surface area contributed by atoms with Crippen molar-refractivity contribution >= 4 is 0 Å². The van der Waals surface area contributed by atoms with Crippen LogP contribution in [0.25, 0.3) is 0 Å². The van der Waals surface area contributed by atoms with Crippen molar-refractivity contribution in [1.29, 1.82) is 0 Å². The molecule has 0 bridgehead atoms. The first-order chi connectivity index (χ1) is 8.41. The summed E-state index contributed by atoms with van der Waals surface area (Å²) in [5.74, 6) is 0. The van der Waals surface area contributed by atoms with Gasteiger partial charge in [0.05, 0.1) is 0 Å². The van der Waals surface area contributed by atoms with E-state index in [2.05, 4.69) is 31.3 Å². The molecule has 0 rings (SSSR count). The fourth-order valence-electron chi connectivity index (χ4n) is 2.04. The highest BCUT2D eigenvalue weighted by Crippen LogP contribution is 2.10. The van der Waals surface area contributed by atoms with Crippen LogP contribution in [-0.4, -0.2) is 13.1 Å². The Kier molecular flexibility index (Phi) is 15.4. The lowest BCUT2D eigenvalue weighted by Crippen LogP contribution is -2.14. The van der Waals surface area contributed by atoms with Crippen LogP contribution in [0.5, 0.6) is 0 Å². The van der Waals surface area contributed by atoms with E-state index in [-0.39, 0.29) is 0 Å². The lowest BCUT2D eigenvalue weighted by Gasteiger charge is -2.03. The van der Waals surface area contributed by atoms with E-state index in [1.54, 1.807) is 0 Å². The van der Waals surface area contributed by atoms with Crippen molar-refractivity contribution in [2.45, 2.75) is 78.1 Å². The molecule has 17 heavy (non-hydrogen) atoms. The van der Waals surface area contributed by atoms with E-state index in [1.165, 1.54) is 70.8 Å². The fraction of sp³-hybridized carbons (Fsp3) is 0.875. The lowest BCUT2D eigenvalue weighted by molar-refractivity contribution is 0.549. The van der Waals surface area contributed by atoms with Gasteiger partial charge in [-0.15, -0.1) is 0 Å². The summed E-state index contributed by atoms with van der Waals surface area (Å²) in [7, 11) is 0. The number of unbranched alkanes of at least 4 members (excludes halogenated alkanes) is 9. The van der Waals surface area contributed by atoms with Crippen LogP contribution in [0.1, 0.15) is 78.1 Å². The van der Waals surface area contributed by atoms with Crippen LogP contribution in [0, 0.1) is 0 Å². The summed E-state index contributed by atoms with van der Waals surface area (Å²) >= 11 is 0. The first kappa shape index (κ1) is 16.7. The molecule has 0 saturated carbocycles. The highest BCUT2D eigenvalue weighted by Gasteiger charge is 1.92. The van der Waals surface area contributed by atoms with E-state index >= 15 is 0 Å². The molecule has 0 heterocycles. The molecule has 1 heteroatoms. The maximum Gasteiger partial charge on any atom is 0.0134 e. The summed E-state index contributed by atoms with van der Waals surface area (Å²) in [5.41, 5.74) is 0. The van der Waals surface area contributed by atoms with E-state index in [4.69, 9.17) is 0 Å². The molecular formula is C16H33N. The normalized spacial score (nSPS) is 11.4. The van der Waals surface area contributed by atoms with Crippen LogP contribution in [0.3, 0.4) is 0 Å². The number of rotatable bonds is 13. The van der Waals surface area contributed by atoms with Gasteiger partial charge in [-0.05, 0) is 19.9 Å². The molecule has 0 spiro atoms. The van der Waals surface area contributed by atoms with Gasteiger partial charge in [0.1, 0.15) is 0 Å². The van der Waals surface area contributed by atoms with Crippen molar-refractivity contribution in [3.8, 4) is 0 Å². The number of hydrogen-bond acceptors (Lipinski definition) is 1. The van der Waals surface area contributed by atoms with Crippen LogP contribution in [0.2, 0.25) is 0 Å². The van der Waals surface area contributed by atoms with Gasteiger partial charge in [0.25, 0.3) is 0 Å². The van der Waals surface area contributed by atoms with Crippen molar-refractivity contribution in [3.05, 3.63) is 12.2 Å². The molecule has 0 aliphatic carbocycles. The molecule has 0 radical (unpaired) electrons. The van der Waals surface area contributed by atoms with E-state index in [0.29, 0.717) is 0 Å². The second-order valence-corrected chi connectivity index (χ2v) is 4.96. The molecule has 0 aromatic heterocycles. The van der Waals surface area contributed by atoms with Crippen LogP contribution in [0.15, 0.2) is 12.2 Å². The molecule has 1 N–H and O–H groups in total. The minimum atomic E-state index is 1.04. The summed E-state index contributed by atoms with van der Waals surface area (Å²) < 4.78 is 0. The average molecular weight is 239 g/mol. The van der Waals surface area contributed by atoms with Crippen molar-refractivity contribution in [3.63, 3.8) is 0 Å². The Morgan fingerprint density at radius 1 is 0.765 bits per heavy atom. The van der Waals surface area contributed by atoms with Gasteiger partial charge < -0.3 is 5.32 Å². The highest BCUT2D eigenvalue weighted by molar-refractivity contribution is 4.78. The SMILES string of the molecule is CC=CCNCCCCCCCCCCCC. The van der Waals surface area contributed by atoms with Crippen molar-refractivity contribution in [2.24, 2.45) is 0 Å². The number of allylic oxidation sites excluding steroid dienone is 1. The van der Waals surface area contributed by atoms with Crippen molar-refractivity contribution < 1.29 is 0 Å². The molecule has 0 aromatic rings. The molecule has 0 aromatic carbocycles. The third-order valence-electron chi connectivity index (χ3n) is 3.20. The topological polar surface area (TPSA) is 12.0 Å². The Morgan fingerprint density at radius 2 is 1.29 bits per heavy atom. The number of hydrogen-bond donors (Lipinski definition) is 1. The zero-order chi connectivity index (χ0) is 12.6. The largest absolute Gasteiger partial charge is 0.313 e. The average Bonchev–Trinajstić information content (AvgIpc) is 2.35. The van der Waals surface area contributed by atoms with Gasteiger partial charge in [0.15, 0.2) is 0 Å². The maximum absolute atomic E-state index is 3.42. The van der Waals surface area contributed by atoms with Crippen LogP contribution >= 0.6 is 0 Å². The standard InChI is InChI=1S/C16H33N/c1-3-5-7-8-9-10-11-12-13-14-16-17-15-6-4-2/h4,6,17H,3,5,7-16H2,1-2H3. The first-order valence-electron chi connectivity index (χ1n) is 7.73. The Hall–Kier alpha value is -0.300. The van der Waals surface area contributed by atoms with E-state index < -0.39 is 0 Å². The minimum absolute atomic E-state index is 1.04. The highest BCUT2D eigenvalue weighted by atomic mass is 14.8. The molecule has 0 saturated heterocycles. The molecule has 0 atom stereocenters. The predicted molar refractivity (Wildman–Crippen MR) is 79.5 cm³/mol. The van der Waals surface area contributed by atoms with Gasteiger partial charge in [-0.1, -0.05) is 76.9 Å². The molecule has 102 valence electrons. The molecule has 0 fully saturated rings. The summed E-state index contributed by atoms with van der Waals surface area (Å²) in [6.07, 6.45) is 18.5. The molecule has 0 aliphatic heterocycles. The van der Waals surface area contributed by atoms with Crippen LogP contribution in [-0.2, 0) is 0 Å². The zero-order valence-corrected chi connectivity index (χ0v) is 12.1. The zero-order valence-electron chi connectivity index (χ0n) is 12.1. The van der Waals surface area contributed by atoms with E-state index in [1.807, 2.05) is 0 Å². The van der Waals surface area contributed by atoms with Crippen molar-refractivity contribution in [2.75, 3.05) is 13.1 Å². The summed E-state index contributed by atoms with van der Waals surface area (Å²) in [4.78, 5) is 0. The van der Waals surface area contributed by atoms with Gasteiger partial charge in [0.2, 0.25) is 0 Å². The van der Waals surface area contributed by atoms with Gasteiger partial charge >= 0.3 is 0 Å². The fourth-order valence-corrected chi connectivity index (χ4v) is 2.04. The first-order valence-corrected chi connectivity index (χ1v) is 7.73. The third kappa shape index (κ3) is 15.7. The summed E-state index contributed by atoms with van der Waals surface area (Å²) in [6.45, 7) is 6.57. The number of nitrogens with one attached hydrogen (secondary N) is 1. The van der Waals surface area contributed by atoms with Crippen LogP contribution < -0.4 is 5.32 Å². The van der Waals surface area contributed by atoms with Gasteiger partial charge in [-0.3, -0.25) is 0 Å². The molecule has 0 amide bonds.